The van der Waals surface area contributed by atoms with Crippen LogP contribution in [0.1, 0.15) is 43.9 Å². The zero-order chi connectivity index (χ0) is 35.2. The largest absolute Gasteiger partial charge is 0.514 e. The van der Waals surface area contributed by atoms with Gasteiger partial charge in [-0.25, -0.2) is 9.59 Å². The second kappa shape index (κ2) is 18.6. The summed E-state index contributed by atoms with van der Waals surface area (Å²) in [6, 6.07) is 18.4. The molecule has 3 rings (SSSR count). The van der Waals surface area contributed by atoms with E-state index >= 15 is 0 Å². The highest BCUT2D eigenvalue weighted by molar-refractivity contribution is 9.10. The summed E-state index contributed by atoms with van der Waals surface area (Å²) in [4.78, 5) is 63.0. The van der Waals surface area contributed by atoms with Crippen LogP contribution in [0.2, 0.25) is 0 Å². The summed E-state index contributed by atoms with van der Waals surface area (Å²) in [6.45, 7) is 5.17. The first-order valence-corrected chi connectivity index (χ1v) is 16.2. The molecule has 0 saturated heterocycles. The molecule has 4 atom stereocenters. The average molecular weight is 726 g/mol. The van der Waals surface area contributed by atoms with Gasteiger partial charge in [-0.05, 0) is 55.0 Å². The Hall–Kier alpha value is -4.75. The number of rotatable bonds is 16. The van der Waals surface area contributed by atoms with Crippen LogP contribution < -0.4 is 26.4 Å². The molecule has 13 heteroatoms. The summed E-state index contributed by atoms with van der Waals surface area (Å²) in [5.41, 5.74) is 8.34. The lowest BCUT2D eigenvalue weighted by Gasteiger charge is -2.24. The van der Waals surface area contributed by atoms with Gasteiger partial charge in [-0.15, -0.1) is 0 Å². The molecule has 0 aromatic heterocycles. The molecule has 6 N–H and O–H groups in total. The van der Waals surface area contributed by atoms with Crippen molar-refractivity contribution in [2.75, 3.05) is 0 Å². The Labute approximate surface area is 287 Å². The van der Waals surface area contributed by atoms with Crippen LogP contribution in [-0.2, 0) is 43.4 Å². The topological polar surface area (TPSA) is 186 Å². The van der Waals surface area contributed by atoms with Gasteiger partial charge >= 0.3 is 12.1 Å². The molecule has 0 aliphatic rings. The van der Waals surface area contributed by atoms with E-state index in [0.29, 0.717) is 5.56 Å². The maximum Gasteiger partial charge on any atom is 0.514 e. The normalized spacial score (nSPS) is 13.4. The van der Waals surface area contributed by atoms with Crippen molar-refractivity contribution in [3.63, 3.8) is 0 Å². The molecule has 3 amide bonds. The van der Waals surface area contributed by atoms with Crippen molar-refractivity contribution >= 4 is 45.8 Å². The molecule has 0 radical (unpaired) electrons. The van der Waals surface area contributed by atoms with Crippen molar-refractivity contribution < 1.29 is 38.6 Å². The van der Waals surface area contributed by atoms with E-state index in [9.17, 15) is 29.1 Å². The summed E-state index contributed by atoms with van der Waals surface area (Å²) >= 11 is 3.39. The number of nitrogens with one attached hydrogen (secondary N) is 3. The minimum atomic E-state index is -1.17. The highest BCUT2D eigenvalue weighted by atomic mass is 79.9. The molecule has 12 nitrogen and oxygen atoms in total. The van der Waals surface area contributed by atoms with E-state index in [1.54, 1.807) is 48.5 Å². The first-order chi connectivity index (χ1) is 22.8. The second-order valence-electron chi connectivity index (χ2n) is 11.7. The van der Waals surface area contributed by atoms with Crippen LogP contribution in [0.4, 0.5) is 4.79 Å². The third kappa shape index (κ3) is 12.5. The lowest BCUT2D eigenvalue weighted by Crippen LogP contribution is -2.57. The van der Waals surface area contributed by atoms with Crippen molar-refractivity contribution in [2.45, 2.75) is 70.8 Å². The van der Waals surface area contributed by atoms with Gasteiger partial charge in [-0.1, -0.05) is 90.4 Å². The number of hydrogen-bond acceptors (Lipinski definition) is 8. The summed E-state index contributed by atoms with van der Waals surface area (Å²) in [6.07, 6.45) is -0.428. The lowest BCUT2D eigenvalue weighted by molar-refractivity contribution is -0.142. The fourth-order valence-electron chi connectivity index (χ4n) is 4.62. The van der Waals surface area contributed by atoms with Gasteiger partial charge in [0.25, 0.3) is 0 Å². The Morgan fingerprint density at radius 3 is 1.98 bits per heavy atom. The minimum Gasteiger partial charge on any atom is -0.480 e. The molecule has 256 valence electrons. The van der Waals surface area contributed by atoms with E-state index in [4.69, 9.17) is 15.2 Å². The average Bonchev–Trinajstić information content (AvgIpc) is 3.04. The highest BCUT2D eigenvalue weighted by Gasteiger charge is 2.29. The predicted octanol–water partition coefficient (Wildman–Crippen LogP) is 3.88. The van der Waals surface area contributed by atoms with Gasteiger partial charge in [0.1, 0.15) is 30.5 Å². The SMILES string of the molecule is CC(C)C[C@H](NC(=O)[C@H](Cc1ccccc1)NC(=O)[C@@H](C)NC(=O)[C@@H](N)Cc1ccc(OC(=O)OCc2ccccc2Br)cc1)C(=O)O. The zero-order valence-electron chi connectivity index (χ0n) is 27.0. The van der Waals surface area contributed by atoms with Gasteiger partial charge in [0.15, 0.2) is 0 Å². The lowest BCUT2D eigenvalue weighted by atomic mass is 10.0. The van der Waals surface area contributed by atoms with E-state index in [2.05, 4.69) is 31.9 Å². The summed E-state index contributed by atoms with van der Waals surface area (Å²) in [7, 11) is 0. The molecule has 0 spiro atoms. The Kier molecular flexibility index (Phi) is 14.6. The second-order valence-corrected chi connectivity index (χ2v) is 12.6. The van der Waals surface area contributed by atoms with Gasteiger partial charge in [0.05, 0.1) is 6.04 Å². The molecule has 0 saturated carbocycles. The van der Waals surface area contributed by atoms with Crippen LogP contribution in [0.15, 0.2) is 83.3 Å². The van der Waals surface area contributed by atoms with Crippen molar-refractivity contribution in [1.29, 1.82) is 0 Å². The van der Waals surface area contributed by atoms with E-state index in [-0.39, 0.29) is 37.5 Å². The standard InChI is InChI=1S/C35H41BrN4O8/c1-21(2)17-30(34(44)45)40-33(43)29(19-23-9-5-4-6-10-23)39-31(41)22(3)38-32(42)28(37)18-24-13-15-26(16-14-24)48-35(46)47-20-25-11-7-8-12-27(25)36/h4-16,21-22,28-30H,17-20,37H2,1-3H3,(H,38,42)(H,39,41)(H,40,43)(H,44,45)/t22-,28+,29+,30+/m1/s1. The number of benzene rings is 3. The number of carbonyl (C=O) groups excluding carboxylic acids is 4. The Bertz CT molecular complexity index is 1550. The molecule has 0 aliphatic heterocycles. The van der Waals surface area contributed by atoms with Crippen molar-refractivity contribution in [3.8, 4) is 5.75 Å². The molecule has 3 aromatic rings. The van der Waals surface area contributed by atoms with Gasteiger partial charge in [-0.2, -0.15) is 0 Å². The maximum atomic E-state index is 13.2. The van der Waals surface area contributed by atoms with Crippen molar-refractivity contribution in [1.82, 2.24) is 16.0 Å². The number of hydrogen-bond donors (Lipinski definition) is 5. The molecular weight excluding hydrogens is 684 g/mol. The Morgan fingerprint density at radius 1 is 0.750 bits per heavy atom. The number of nitrogens with two attached hydrogens (primary N) is 1. The van der Waals surface area contributed by atoms with E-state index in [1.165, 1.54) is 6.92 Å². The number of carboxylic acids is 1. The Balaban J connectivity index is 1.54. The number of halogens is 1. The third-order valence-electron chi connectivity index (χ3n) is 7.21. The third-order valence-corrected chi connectivity index (χ3v) is 7.98. The number of carboxylic acid groups (broad SMARTS) is 1. The molecule has 0 unspecified atom stereocenters. The first-order valence-electron chi connectivity index (χ1n) is 15.4. The van der Waals surface area contributed by atoms with Crippen molar-refractivity contribution in [2.24, 2.45) is 11.7 Å². The fourth-order valence-corrected chi connectivity index (χ4v) is 5.02. The zero-order valence-corrected chi connectivity index (χ0v) is 28.6. The quantitative estimate of drug-likeness (QED) is 0.108. The van der Waals surface area contributed by atoms with Crippen LogP contribution in [0.3, 0.4) is 0 Å². The molecule has 0 heterocycles. The predicted molar refractivity (Wildman–Crippen MR) is 182 cm³/mol. The van der Waals surface area contributed by atoms with Crippen LogP contribution in [0.5, 0.6) is 5.75 Å². The van der Waals surface area contributed by atoms with Crippen LogP contribution in [0.25, 0.3) is 0 Å². The van der Waals surface area contributed by atoms with Crippen LogP contribution in [-0.4, -0.2) is 59.1 Å². The minimum absolute atomic E-state index is 0.0104. The fraction of sp³-hybridized carbons (Fsp3) is 0.343. The number of amides is 3. The Morgan fingerprint density at radius 2 is 1.35 bits per heavy atom. The molecule has 0 bridgehead atoms. The number of aliphatic carboxylic acids is 1. The van der Waals surface area contributed by atoms with Crippen LogP contribution in [0, 0.1) is 5.92 Å². The van der Waals surface area contributed by atoms with E-state index < -0.39 is 54.0 Å². The number of carbonyl (C=O) groups is 5. The highest BCUT2D eigenvalue weighted by Crippen LogP contribution is 2.18. The maximum absolute atomic E-state index is 13.2. The number of ether oxygens (including phenoxy) is 2. The summed E-state index contributed by atoms with van der Waals surface area (Å²) in [5, 5.41) is 17.3. The summed E-state index contributed by atoms with van der Waals surface area (Å²) < 4.78 is 11.2. The smallest absolute Gasteiger partial charge is 0.480 e. The van der Waals surface area contributed by atoms with E-state index in [1.807, 2.05) is 44.2 Å². The summed E-state index contributed by atoms with van der Waals surface area (Å²) in [5.74, 6) is -2.81. The first kappa shape index (κ1) is 37.7. The molecule has 3 aromatic carbocycles. The molecule has 0 aliphatic carbocycles. The van der Waals surface area contributed by atoms with Gasteiger partial charge in [0, 0.05) is 16.5 Å². The van der Waals surface area contributed by atoms with Gasteiger partial charge in [-0.3, -0.25) is 14.4 Å². The molecular formula is C35H41BrN4O8. The van der Waals surface area contributed by atoms with Crippen molar-refractivity contribution in [3.05, 3.63) is 100 Å². The molecule has 48 heavy (non-hydrogen) atoms. The van der Waals surface area contributed by atoms with E-state index in [0.717, 1.165) is 15.6 Å². The van der Waals surface area contributed by atoms with Gasteiger partial charge in [0.2, 0.25) is 17.7 Å². The monoisotopic (exact) mass is 724 g/mol. The molecule has 0 fully saturated rings. The van der Waals surface area contributed by atoms with Crippen LogP contribution >= 0.6 is 15.9 Å². The van der Waals surface area contributed by atoms with Gasteiger partial charge < -0.3 is 36.3 Å².